The van der Waals surface area contributed by atoms with E-state index in [2.05, 4.69) is 0 Å². The highest BCUT2D eigenvalue weighted by Crippen LogP contribution is 2.32. The van der Waals surface area contributed by atoms with Gasteiger partial charge < -0.3 is 14.6 Å². The molecule has 1 fully saturated rings. The number of methoxy groups -OCH3 is 1. The molecular weight excluding hydrogens is 162 g/mol. The van der Waals surface area contributed by atoms with E-state index in [1.807, 2.05) is 0 Å². The van der Waals surface area contributed by atoms with Crippen LogP contribution in [0.1, 0.15) is 6.92 Å². The fourth-order valence-corrected chi connectivity index (χ4v) is 1.37. The molecule has 0 aromatic rings. The van der Waals surface area contributed by atoms with Crippen molar-refractivity contribution in [2.75, 3.05) is 13.7 Å². The van der Waals surface area contributed by atoms with Gasteiger partial charge in [0.05, 0.1) is 12.6 Å². The summed E-state index contributed by atoms with van der Waals surface area (Å²) in [5, 5.41) is 9.44. The zero-order valence-corrected chi connectivity index (χ0v) is 7.58. The fraction of sp³-hybridized carbons (Fsp3) is 1.00. The van der Waals surface area contributed by atoms with Crippen LogP contribution in [-0.2, 0) is 9.47 Å². The molecule has 1 aliphatic rings. The average Bonchev–Trinajstić information content (AvgIpc) is 2.17. The highest BCUT2D eigenvalue weighted by Gasteiger charge is 2.51. The van der Waals surface area contributed by atoms with Gasteiger partial charge in [-0.15, -0.1) is 0 Å². The van der Waals surface area contributed by atoms with Crippen molar-refractivity contribution in [1.29, 1.82) is 0 Å². The van der Waals surface area contributed by atoms with Crippen LogP contribution in [0.2, 0.25) is 0 Å². The summed E-state index contributed by atoms with van der Waals surface area (Å²) < 4.78 is 23.5. The zero-order valence-electron chi connectivity index (χ0n) is 7.58. The van der Waals surface area contributed by atoms with E-state index in [0.717, 1.165) is 0 Å². The second-order valence-corrected chi connectivity index (χ2v) is 3.37. The number of ether oxygens (including phenoxy) is 2. The maximum atomic E-state index is 13.5. The minimum Gasteiger partial charge on any atom is -0.387 e. The van der Waals surface area contributed by atoms with E-state index in [1.165, 1.54) is 14.0 Å². The lowest BCUT2D eigenvalue weighted by atomic mass is 9.83. The Morgan fingerprint density at radius 1 is 1.75 bits per heavy atom. The number of alkyl halides is 1. The third-order valence-corrected chi connectivity index (χ3v) is 2.44. The van der Waals surface area contributed by atoms with Crippen LogP contribution in [-0.4, -0.2) is 50.5 Å². The summed E-state index contributed by atoms with van der Waals surface area (Å²) >= 11 is 0. The molecular formula is C7H14BFO3. The molecule has 1 rings (SSSR count). The second kappa shape index (κ2) is 3.32. The topological polar surface area (TPSA) is 38.7 Å². The summed E-state index contributed by atoms with van der Waals surface area (Å²) in [6.07, 6.45) is -1.63. The molecule has 4 atom stereocenters. The Kier molecular flexibility index (Phi) is 2.75. The molecule has 3 nitrogen and oxygen atoms in total. The highest BCUT2D eigenvalue weighted by molar-refractivity contribution is 6.12. The smallest absolute Gasteiger partial charge is 0.154 e. The van der Waals surface area contributed by atoms with Gasteiger partial charge in [-0.3, -0.25) is 0 Å². The first kappa shape index (κ1) is 9.96. The van der Waals surface area contributed by atoms with Crippen LogP contribution in [0.15, 0.2) is 0 Å². The van der Waals surface area contributed by atoms with Crippen molar-refractivity contribution in [3.05, 3.63) is 0 Å². The summed E-state index contributed by atoms with van der Waals surface area (Å²) in [5.74, 6) is 0. The van der Waals surface area contributed by atoms with Crippen LogP contribution in [0.25, 0.3) is 0 Å². The first-order chi connectivity index (χ1) is 5.50. The second-order valence-electron chi connectivity index (χ2n) is 3.37. The monoisotopic (exact) mass is 176 g/mol. The lowest BCUT2D eigenvalue weighted by Crippen LogP contribution is -2.42. The van der Waals surface area contributed by atoms with E-state index >= 15 is 0 Å². The zero-order chi connectivity index (χ0) is 9.35. The summed E-state index contributed by atoms with van der Waals surface area (Å²) in [6.45, 7) is 1.57. The van der Waals surface area contributed by atoms with Crippen molar-refractivity contribution in [3.63, 3.8) is 0 Å². The molecule has 5 heteroatoms. The van der Waals surface area contributed by atoms with Crippen molar-refractivity contribution in [1.82, 2.24) is 0 Å². The standard InChI is InChI=1S/C7H14BFO3/c1-7(9)5(10)4(3-11-2)12-6(7)8/h4-6,10H,3,8H2,1-2H3/t4-,5-,6-,7-/m1/s1. The van der Waals surface area contributed by atoms with E-state index in [-0.39, 0.29) is 6.61 Å². The number of aliphatic hydroxyl groups excluding tert-OH is 1. The highest BCUT2D eigenvalue weighted by atomic mass is 19.1. The van der Waals surface area contributed by atoms with Gasteiger partial charge in [0.1, 0.15) is 20.1 Å². The van der Waals surface area contributed by atoms with Gasteiger partial charge >= 0.3 is 0 Å². The number of hydrogen-bond acceptors (Lipinski definition) is 3. The van der Waals surface area contributed by atoms with Crippen LogP contribution in [0.3, 0.4) is 0 Å². The molecule has 0 saturated carbocycles. The van der Waals surface area contributed by atoms with Crippen LogP contribution in [0, 0.1) is 0 Å². The molecule has 1 heterocycles. The van der Waals surface area contributed by atoms with Gasteiger partial charge in [-0.1, -0.05) is 0 Å². The SMILES string of the molecule is B[C@@H]1O[C@H](COC)[C@@H](O)[C@@]1(C)F. The van der Waals surface area contributed by atoms with Gasteiger partial charge in [-0.05, 0) is 6.92 Å². The van der Waals surface area contributed by atoms with E-state index in [4.69, 9.17) is 9.47 Å². The molecule has 12 heavy (non-hydrogen) atoms. The van der Waals surface area contributed by atoms with Crippen molar-refractivity contribution in [2.45, 2.75) is 30.8 Å². The average molecular weight is 176 g/mol. The van der Waals surface area contributed by atoms with Crippen molar-refractivity contribution < 1.29 is 19.0 Å². The number of aliphatic hydroxyl groups is 1. The molecule has 0 spiro atoms. The molecule has 0 amide bonds. The van der Waals surface area contributed by atoms with Crippen LogP contribution in [0.5, 0.6) is 0 Å². The third-order valence-electron chi connectivity index (χ3n) is 2.44. The number of hydrogen-bond donors (Lipinski definition) is 1. The van der Waals surface area contributed by atoms with Gasteiger partial charge in [0.15, 0.2) is 5.67 Å². The Labute approximate surface area is 72.3 Å². The van der Waals surface area contributed by atoms with Crippen LogP contribution < -0.4 is 0 Å². The molecule has 0 unspecified atom stereocenters. The fourth-order valence-electron chi connectivity index (χ4n) is 1.37. The summed E-state index contributed by atoms with van der Waals surface area (Å²) in [7, 11) is 3.10. The van der Waals surface area contributed by atoms with Gasteiger partial charge in [0.25, 0.3) is 0 Å². The quantitative estimate of drug-likeness (QED) is 0.553. The molecule has 0 bridgehead atoms. The van der Waals surface area contributed by atoms with Gasteiger partial charge in [0, 0.05) is 7.11 Å². The number of rotatable bonds is 2. The normalized spacial score (nSPS) is 48.2. The van der Waals surface area contributed by atoms with Crippen molar-refractivity contribution >= 4 is 7.85 Å². The molecule has 70 valence electrons. The molecule has 0 aliphatic carbocycles. The lowest BCUT2D eigenvalue weighted by molar-refractivity contribution is -0.0229. The van der Waals surface area contributed by atoms with E-state index in [0.29, 0.717) is 0 Å². The molecule has 1 N–H and O–H groups in total. The number of halogens is 1. The first-order valence-electron chi connectivity index (χ1n) is 4.01. The predicted octanol–water partition coefficient (Wildman–Crippen LogP) is -0.920. The largest absolute Gasteiger partial charge is 0.387 e. The van der Waals surface area contributed by atoms with Gasteiger partial charge in [-0.2, -0.15) is 0 Å². The first-order valence-corrected chi connectivity index (χ1v) is 4.01. The minimum atomic E-state index is -1.66. The Balaban J connectivity index is 2.63. The van der Waals surface area contributed by atoms with Crippen molar-refractivity contribution in [3.8, 4) is 0 Å². The van der Waals surface area contributed by atoms with Crippen molar-refractivity contribution in [2.24, 2.45) is 0 Å². The minimum absolute atomic E-state index is 0.227. The predicted molar refractivity (Wildman–Crippen MR) is 44.6 cm³/mol. The van der Waals surface area contributed by atoms with Gasteiger partial charge in [0.2, 0.25) is 0 Å². The molecule has 0 aromatic heterocycles. The van der Waals surface area contributed by atoms with E-state index in [9.17, 15) is 9.50 Å². The molecule has 1 aliphatic heterocycles. The Morgan fingerprint density at radius 3 is 2.67 bits per heavy atom. The van der Waals surface area contributed by atoms with Crippen LogP contribution in [0.4, 0.5) is 4.39 Å². The maximum Gasteiger partial charge on any atom is 0.154 e. The summed E-state index contributed by atoms with van der Waals surface area (Å²) in [6, 6.07) is -0.576. The molecule has 0 radical (unpaired) electrons. The van der Waals surface area contributed by atoms with E-state index in [1.54, 1.807) is 7.85 Å². The summed E-state index contributed by atoms with van der Waals surface area (Å²) in [4.78, 5) is 0. The molecule has 1 saturated heterocycles. The van der Waals surface area contributed by atoms with Gasteiger partial charge in [-0.25, -0.2) is 4.39 Å². The van der Waals surface area contributed by atoms with Crippen LogP contribution >= 0.6 is 0 Å². The Bertz CT molecular complexity index is 165. The third kappa shape index (κ3) is 1.49. The Morgan fingerprint density at radius 2 is 2.33 bits per heavy atom. The van der Waals surface area contributed by atoms with E-state index < -0.39 is 23.9 Å². The lowest BCUT2D eigenvalue weighted by Gasteiger charge is -2.21. The maximum absolute atomic E-state index is 13.5. The Hall–Kier alpha value is -0.125. The molecule has 0 aromatic carbocycles. The summed E-state index contributed by atoms with van der Waals surface area (Å²) in [5.41, 5.74) is -1.66.